The molecule has 1 aliphatic heterocycles. The van der Waals surface area contributed by atoms with E-state index in [0.717, 1.165) is 0 Å². The maximum atomic E-state index is 13.9. The van der Waals surface area contributed by atoms with Crippen LogP contribution in [0.25, 0.3) is 0 Å². The molecule has 1 unspecified atom stereocenters. The molecule has 0 aliphatic carbocycles. The van der Waals surface area contributed by atoms with Gasteiger partial charge < -0.3 is 10.2 Å². The van der Waals surface area contributed by atoms with Crippen LogP contribution < -0.4 is 10.2 Å². The number of anilines is 1. The highest BCUT2D eigenvalue weighted by Crippen LogP contribution is 2.22. The first-order chi connectivity index (χ1) is 9.49. The molecule has 5 heteroatoms. The average Bonchev–Trinajstić information content (AvgIpc) is 2.51. The van der Waals surface area contributed by atoms with Crippen LogP contribution in [0.15, 0.2) is 24.3 Å². The Bertz CT molecular complexity index is 516. The van der Waals surface area contributed by atoms with Gasteiger partial charge in [0, 0.05) is 13.0 Å². The van der Waals surface area contributed by atoms with Crippen molar-refractivity contribution in [3.8, 4) is 0 Å². The molecule has 1 N–H and O–H groups in total. The van der Waals surface area contributed by atoms with Crippen molar-refractivity contribution in [3.63, 3.8) is 0 Å². The monoisotopic (exact) mass is 278 g/mol. The summed E-state index contributed by atoms with van der Waals surface area (Å²) in [6.07, 6.45) is 0.740. The van der Waals surface area contributed by atoms with E-state index in [1.165, 1.54) is 11.0 Å². The number of amides is 2. The normalized spacial score (nSPS) is 20.0. The van der Waals surface area contributed by atoms with Crippen LogP contribution in [0.4, 0.5) is 10.1 Å². The van der Waals surface area contributed by atoms with E-state index in [0.29, 0.717) is 6.42 Å². The van der Waals surface area contributed by atoms with Crippen molar-refractivity contribution >= 4 is 17.5 Å². The van der Waals surface area contributed by atoms with E-state index in [1.807, 2.05) is 13.8 Å². The molecule has 4 nitrogen and oxygen atoms in total. The summed E-state index contributed by atoms with van der Waals surface area (Å²) in [5.41, 5.74) is 0.239. The van der Waals surface area contributed by atoms with Gasteiger partial charge in [-0.1, -0.05) is 26.0 Å². The van der Waals surface area contributed by atoms with E-state index in [9.17, 15) is 14.0 Å². The fourth-order valence-corrected chi connectivity index (χ4v) is 2.38. The lowest BCUT2D eigenvalue weighted by Crippen LogP contribution is -2.45. The van der Waals surface area contributed by atoms with E-state index in [4.69, 9.17) is 0 Å². The molecule has 2 rings (SSSR count). The molecular formula is C15H19FN2O2. The topological polar surface area (TPSA) is 49.4 Å². The zero-order valence-corrected chi connectivity index (χ0v) is 11.7. The average molecular weight is 278 g/mol. The van der Waals surface area contributed by atoms with Crippen molar-refractivity contribution in [2.45, 2.75) is 32.7 Å². The SMILES string of the molecule is CC(C)CC1NC(=O)CCN(c2ccccc2F)C1=O. The Morgan fingerprint density at radius 2 is 2.05 bits per heavy atom. The molecular weight excluding hydrogens is 259 g/mol. The molecule has 1 aliphatic rings. The minimum absolute atomic E-state index is 0.164. The highest BCUT2D eigenvalue weighted by Gasteiger charge is 2.32. The molecule has 1 aromatic rings. The van der Waals surface area contributed by atoms with Gasteiger partial charge in [0.2, 0.25) is 11.8 Å². The van der Waals surface area contributed by atoms with Gasteiger partial charge in [-0.3, -0.25) is 9.59 Å². The third-order valence-corrected chi connectivity index (χ3v) is 3.31. The zero-order chi connectivity index (χ0) is 14.7. The molecule has 0 aromatic heterocycles. The lowest BCUT2D eigenvalue weighted by atomic mass is 10.0. The standard InChI is InChI=1S/C15H19FN2O2/c1-10(2)9-12-15(20)18(8-7-14(19)17-12)13-6-4-3-5-11(13)16/h3-6,10,12H,7-9H2,1-2H3,(H,17,19). The Hall–Kier alpha value is -1.91. The molecule has 108 valence electrons. The first-order valence-corrected chi connectivity index (χ1v) is 6.84. The van der Waals surface area contributed by atoms with Crippen LogP contribution in [0.1, 0.15) is 26.7 Å². The third-order valence-electron chi connectivity index (χ3n) is 3.31. The Labute approximate surface area is 118 Å². The quantitative estimate of drug-likeness (QED) is 0.920. The number of hydrogen-bond donors (Lipinski definition) is 1. The van der Waals surface area contributed by atoms with Gasteiger partial charge in [0.05, 0.1) is 5.69 Å². The Balaban J connectivity index is 2.30. The summed E-state index contributed by atoms with van der Waals surface area (Å²) in [5.74, 6) is -0.583. The maximum Gasteiger partial charge on any atom is 0.249 e. The van der Waals surface area contributed by atoms with Gasteiger partial charge in [0.1, 0.15) is 11.9 Å². The third kappa shape index (κ3) is 3.15. The Morgan fingerprint density at radius 3 is 2.70 bits per heavy atom. The first kappa shape index (κ1) is 14.5. The number of para-hydroxylation sites is 1. The molecule has 0 bridgehead atoms. The highest BCUT2D eigenvalue weighted by atomic mass is 19.1. The van der Waals surface area contributed by atoms with Gasteiger partial charge in [0.25, 0.3) is 0 Å². The number of rotatable bonds is 3. The smallest absolute Gasteiger partial charge is 0.249 e. The van der Waals surface area contributed by atoms with Crippen molar-refractivity contribution in [2.24, 2.45) is 5.92 Å². The first-order valence-electron chi connectivity index (χ1n) is 6.84. The second-order valence-corrected chi connectivity index (χ2v) is 5.44. The van der Waals surface area contributed by atoms with Crippen LogP contribution in [0, 0.1) is 11.7 Å². The van der Waals surface area contributed by atoms with E-state index in [1.54, 1.807) is 18.2 Å². The number of nitrogens with zero attached hydrogens (tertiary/aromatic N) is 1. The number of benzene rings is 1. The summed E-state index contributed by atoms with van der Waals surface area (Å²) in [4.78, 5) is 25.6. The molecule has 1 atom stereocenters. The second kappa shape index (κ2) is 6.03. The molecule has 0 saturated carbocycles. The fraction of sp³-hybridized carbons (Fsp3) is 0.467. The summed E-state index contributed by atoms with van der Waals surface area (Å²) in [6, 6.07) is 5.57. The largest absolute Gasteiger partial charge is 0.344 e. The van der Waals surface area contributed by atoms with E-state index in [2.05, 4.69) is 5.32 Å². The van der Waals surface area contributed by atoms with Crippen LogP contribution in [-0.4, -0.2) is 24.4 Å². The predicted molar refractivity (Wildman–Crippen MR) is 74.8 cm³/mol. The molecule has 1 aromatic carbocycles. The molecule has 2 amide bonds. The van der Waals surface area contributed by atoms with Gasteiger partial charge in [0.15, 0.2) is 0 Å². The summed E-state index contributed by atoms with van der Waals surface area (Å²) < 4.78 is 13.9. The van der Waals surface area contributed by atoms with E-state index < -0.39 is 11.9 Å². The van der Waals surface area contributed by atoms with Crippen LogP contribution >= 0.6 is 0 Å². The van der Waals surface area contributed by atoms with Crippen molar-refractivity contribution in [1.82, 2.24) is 5.32 Å². The van der Waals surface area contributed by atoms with E-state index in [-0.39, 0.29) is 36.4 Å². The number of carbonyl (C=O) groups excluding carboxylic acids is 2. The Morgan fingerprint density at radius 1 is 1.35 bits per heavy atom. The zero-order valence-electron chi connectivity index (χ0n) is 11.7. The minimum atomic E-state index is -0.579. The van der Waals surface area contributed by atoms with Crippen LogP contribution in [0.5, 0.6) is 0 Å². The summed E-state index contributed by atoms with van der Waals surface area (Å²) in [5, 5.41) is 2.73. The van der Waals surface area contributed by atoms with Gasteiger partial charge in [-0.25, -0.2) is 4.39 Å². The number of carbonyl (C=O) groups is 2. The van der Waals surface area contributed by atoms with E-state index >= 15 is 0 Å². The highest BCUT2D eigenvalue weighted by molar-refractivity contribution is 6.01. The molecule has 1 fully saturated rings. The molecule has 0 spiro atoms. The maximum absolute atomic E-state index is 13.9. The molecule has 1 saturated heterocycles. The van der Waals surface area contributed by atoms with Gasteiger partial charge in [-0.2, -0.15) is 0 Å². The van der Waals surface area contributed by atoms with Gasteiger partial charge in [-0.15, -0.1) is 0 Å². The van der Waals surface area contributed by atoms with Crippen LogP contribution in [0.3, 0.4) is 0 Å². The predicted octanol–water partition coefficient (Wildman–Crippen LogP) is 2.09. The van der Waals surface area contributed by atoms with Crippen molar-refractivity contribution < 1.29 is 14.0 Å². The lowest BCUT2D eigenvalue weighted by molar-refractivity contribution is -0.125. The van der Waals surface area contributed by atoms with Crippen molar-refractivity contribution in [1.29, 1.82) is 0 Å². The Kier molecular flexibility index (Phi) is 4.37. The van der Waals surface area contributed by atoms with Gasteiger partial charge >= 0.3 is 0 Å². The number of hydrogen-bond acceptors (Lipinski definition) is 2. The van der Waals surface area contributed by atoms with Gasteiger partial charge in [-0.05, 0) is 24.5 Å². The van der Waals surface area contributed by atoms with Crippen LogP contribution in [0.2, 0.25) is 0 Å². The molecule has 1 heterocycles. The summed E-state index contributed by atoms with van der Waals surface area (Å²) >= 11 is 0. The second-order valence-electron chi connectivity index (χ2n) is 5.44. The van der Waals surface area contributed by atoms with Crippen molar-refractivity contribution in [3.05, 3.63) is 30.1 Å². The fourth-order valence-electron chi connectivity index (χ4n) is 2.38. The number of nitrogens with one attached hydrogen (secondary N) is 1. The van der Waals surface area contributed by atoms with Crippen molar-refractivity contribution in [2.75, 3.05) is 11.4 Å². The van der Waals surface area contributed by atoms with Crippen LogP contribution in [-0.2, 0) is 9.59 Å². The number of halogens is 1. The lowest BCUT2D eigenvalue weighted by Gasteiger charge is -2.25. The minimum Gasteiger partial charge on any atom is -0.344 e. The molecule has 20 heavy (non-hydrogen) atoms. The summed E-state index contributed by atoms with van der Waals surface area (Å²) in [7, 11) is 0. The summed E-state index contributed by atoms with van der Waals surface area (Å²) in [6.45, 7) is 4.18. The molecule has 0 radical (unpaired) electrons.